The molecule has 3 aromatic rings. The van der Waals surface area contributed by atoms with Crippen LogP contribution in [-0.2, 0) is 27.9 Å². The summed E-state index contributed by atoms with van der Waals surface area (Å²) in [6, 6.07) is 12.5. The molecule has 1 amide bonds. The molecular formula is C21H23N3O4S2. The second kappa shape index (κ2) is 8.33. The molecule has 1 aromatic heterocycles. The van der Waals surface area contributed by atoms with Crippen LogP contribution in [0.5, 0.6) is 0 Å². The number of aromatic nitrogens is 1. The van der Waals surface area contributed by atoms with Crippen molar-refractivity contribution in [3.8, 4) is 0 Å². The lowest BCUT2D eigenvalue weighted by molar-refractivity contribution is -0.121. The maximum atomic E-state index is 12.8. The van der Waals surface area contributed by atoms with Crippen molar-refractivity contribution in [3.63, 3.8) is 0 Å². The van der Waals surface area contributed by atoms with Crippen molar-refractivity contribution in [1.29, 1.82) is 0 Å². The van der Waals surface area contributed by atoms with Crippen LogP contribution in [0.4, 0.5) is 0 Å². The Hall–Kier alpha value is -2.49. The second-order valence-corrected chi connectivity index (χ2v) is 10.4. The monoisotopic (exact) mass is 445 g/mol. The van der Waals surface area contributed by atoms with E-state index in [0.29, 0.717) is 29.9 Å². The third-order valence-electron chi connectivity index (χ3n) is 5.22. The highest BCUT2D eigenvalue weighted by molar-refractivity contribution is 7.89. The second-order valence-electron chi connectivity index (χ2n) is 7.46. The van der Waals surface area contributed by atoms with Crippen LogP contribution < -0.4 is 10.2 Å². The first-order valence-electron chi connectivity index (χ1n) is 9.80. The summed E-state index contributed by atoms with van der Waals surface area (Å²) in [5.41, 5.74) is 2.67. The van der Waals surface area contributed by atoms with Gasteiger partial charge in [-0.15, -0.1) is 0 Å². The number of thiazole rings is 1. The molecule has 0 aliphatic carbocycles. The molecule has 0 bridgehead atoms. The number of hydrogen-bond donors (Lipinski definition) is 1. The molecule has 1 N–H and O–H groups in total. The van der Waals surface area contributed by atoms with Crippen molar-refractivity contribution in [2.45, 2.75) is 37.8 Å². The first-order chi connectivity index (χ1) is 14.3. The first kappa shape index (κ1) is 20.8. The van der Waals surface area contributed by atoms with Crippen LogP contribution in [0.3, 0.4) is 0 Å². The minimum absolute atomic E-state index is 0.108. The van der Waals surface area contributed by atoms with Crippen LogP contribution in [0.1, 0.15) is 24.0 Å². The van der Waals surface area contributed by atoms with Crippen LogP contribution >= 0.6 is 11.3 Å². The van der Waals surface area contributed by atoms with Crippen molar-refractivity contribution in [2.75, 3.05) is 13.1 Å². The summed E-state index contributed by atoms with van der Waals surface area (Å²) in [5, 5.41) is 2.83. The molecule has 1 fully saturated rings. The lowest BCUT2D eigenvalue weighted by Crippen LogP contribution is -2.30. The fraction of sp³-hybridized carbons (Fsp3) is 0.333. The minimum Gasteiger partial charge on any atom is -0.350 e. The predicted octanol–water partition coefficient (Wildman–Crippen LogP) is 2.47. The molecule has 0 atom stereocenters. The molecule has 0 spiro atoms. The van der Waals surface area contributed by atoms with E-state index in [0.717, 1.165) is 35.3 Å². The van der Waals surface area contributed by atoms with Crippen LogP contribution in [-0.4, -0.2) is 36.3 Å². The number of carbonyl (C=O) groups is 1. The molecular weight excluding hydrogens is 422 g/mol. The fourth-order valence-electron chi connectivity index (χ4n) is 3.66. The van der Waals surface area contributed by atoms with Gasteiger partial charge in [0.1, 0.15) is 6.54 Å². The maximum absolute atomic E-state index is 12.8. The van der Waals surface area contributed by atoms with E-state index in [-0.39, 0.29) is 22.2 Å². The Kier molecular flexibility index (Phi) is 5.77. The van der Waals surface area contributed by atoms with Crippen LogP contribution in [0.2, 0.25) is 0 Å². The standard InChI is InChI=1S/C21H23N3O4S2/c1-15-5-4-6-16(11-15)13-22-20(25)14-24-18-8-7-17(12-19(18)29-21(24)26)30(27,28)23-9-2-3-10-23/h4-8,11-12H,2-3,9-10,13-14H2,1H3,(H,22,25). The molecule has 30 heavy (non-hydrogen) atoms. The van der Waals surface area contributed by atoms with Crippen molar-refractivity contribution in [1.82, 2.24) is 14.2 Å². The van der Waals surface area contributed by atoms with Gasteiger partial charge < -0.3 is 5.32 Å². The summed E-state index contributed by atoms with van der Waals surface area (Å²) >= 11 is 0.954. The number of nitrogens with zero attached hydrogens (tertiary/aromatic N) is 2. The minimum atomic E-state index is -3.55. The van der Waals surface area contributed by atoms with Crippen molar-refractivity contribution >= 4 is 37.5 Å². The van der Waals surface area contributed by atoms with Gasteiger partial charge in [0.25, 0.3) is 0 Å². The SMILES string of the molecule is Cc1cccc(CNC(=O)Cn2c(=O)sc3cc(S(=O)(=O)N4CCCC4)ccc32)c1. The van der Waals surface area contributed by atoms with Crippen molar-refractivity contribution < 1.29 is 13.2 Å². The van der Waals surface area contributed by atoms with E-state index >= 15 is 0 Å². The number of hydrogen-bond acceptors (Lipinski definition) is 5. The number of benzene rings is 2. The molecule has 0 saturated carbocycles. The molecule has 1 saturated heterocycles. The van der Waals surface area contributed by atoms with Gasteiger partial charge >= 0.3 is 4.87 Å². The normalized spacial score (nSPS) is 15.0. The zero-order valence-corrected chi connectivity index (χ0v) is 18.3. The number of rotatable bonds is 6. The third-order valence-corrected chi connectivity index (χ3v) is 8.05. The Balaban J connectivity index is 1.52. The highest BCUT2D eigenvalue weighted by atomic mass is 32.2. The number of sulfonamides is 1. The molecule has 2 heterocycles. The molecule has 9 heteroatoms. The van der Waals surface area contributed by atoms with Crippen molar-refractivity contribution in [2.24, 2.45) is 0 Å². The van der Waals surface area contributed by atoms with Crippen LogP contribution in [0.25, 0.3) is 10.2 Å². The average molecular weight is 446 g/mol. The van der Waals surface area contributed by atoms with Gasteiger partial charge in [-0.2, -0.15) is 4.31 Å². The maximum Gasteiger partial charge on any atom is 0.308 e. The fourth-order valence-corrected chi connectivity index (χ4v) is 6.21. The van der Waals surface area contributed by atoms with E-state index in [9.17, 15) is 18.0 Å². The largest absolute Gasteiger partial charge is 0.350 e. The van der Waals surface area contributed by atoms with Gasteiger partial charge in [0, 0.05) is 19.6 Å². The quantitative estimate of drug-likeness (QED) is 0.631. The van der Waals surface area contributed by atoms with Gasteiger partial charge in [-0.05, 0) is 43.5 Å². The van der Waals surface area contributed by atoms with Gasteiger partial charge in [0.05, 0.1) is 15.1 Å². The predicted molar refractivity (Wildman–Crippen MR) is 117 cm³/mol. The number of aryl methyl sites for hydroxylation is 1. The number of carbonyl (C=O) groups excluding carboxylic acids is 1. The van der Waals surface area contributed by atoms with Gasteiger partial charge in [0.15, 0.2) is 0 Å². The first-order valence-corrected chi connectivity index (χ1v) is 12.1. The van der Waals surface area contributed by atoms with E-state index in [4.69, 9.17) is 0 Å². The van der Waals surface area contributed by atoms with Gasteiger partial charge in [-0.25, -0.2) is 8.42 Å². The molecule has 0 radical (unpaired) electrons. The number of fused-ring (bicyclic) bond motifs is 1. The summed E-state index contributed by atoms with van der Waals surface area (Å²) in [6.45, 7) is 3.32. The van der Waals surface area contributed by atoms with Crippen LogP contribution in [0, 0.1) is 6.92 Å². The van der Waals surface area contributed by atoms with Gasteiger partial charge in [-0.3, -0.25) is 14.2 Å². The Labute approximate surface area is 179 Å². The van der Waals surface area contributed by atoms with E-state index in [1.807, 2.05) is 31.2 Å². The average Bonchev–Trinajstić information content (AvgIpc) is 3.35. The molecule has 1 aliphatic rings. The van der Waals surface area contributed by atoms with Gasteiger partial charge in [0.2, 0.25) is 15.9 Å². The summed E-state index contributed by atoms with van der Waals surface area (Å²) in [6.07, 6.45) is 1.73. The van der Waals surface area contributed by atoms with E-state index < -0.39 is 10.0 Å². The molecule has 158 valence electrons. The zero-order valence-electron chi connectivity index (χ0n) is 16.6. The van der Waals surface area contributed by atoms with Crippen LogP contribution in [0.15, 0.2) is 52.2 Å². The van der Waals surface area contributed by atoms with E-state index in [1.54, 1.807) is 6.07 Å². The summed E-state index contributed by atoms with van der Waals surface area (Å²) in [5.74, 6) is -0.271. The Bertz CT molecular complexity index is 1250. The van der Waals surface area contributed by atoms with Gasteiger partial charge in [-0.1, -0.05) is 41.2 Å². The molecule has 0 unspecified atom stereocenters. The summed E-state index contributed by atoms with van der Waals surface area (Å²) in [7, 11) is -3.55. The smallest absolute Gasteiger partial charge is 0.308 e. The topological polar surface area (TPSA) is 88.5 Å². The zero-order chi connectivity index (χ0) is 21.3. The number of amides is 1. The highest BCUT2D eigenvalue weighted by Crippen LogP contribution is 2.26. The lowest BCUT2D eigenvalue weighted by atomic mass is 10.1. The molecule has 1 aliphatic heterocycles. The summed E-state index contributed by atoms with van der Waals surface area (Å²) < 4.78 is 29.0. The van der Waals surface area contributed by atoms with Crippen molar-refractivity contribution in [3.05, 3.63) is 63.3 Å². The molecule has 7 nitrogen and oxygen atoms in total. The third kappa shape index (κ3) is 4.19. The Morgan fingerprint density at radius 1 is 1.13 bits per heavy atom. The summed E-state index contributed by atoms with van der Waals surface area (Å²) in [4.78, 5) is 24.8. The lowest BCUT2D eigenvalue weighted by Gasteiger charge is -2.15. The van der Waals surface area contributed by atoms with E-state index in [2.05, 4.69) is 5.32 Å². The highest BCUT2D eigenvalue weighted by Gasteiger charge is 2.27. The van der Waals surface area contributed by atoms with E-state index in [1.165, 1.54) is 21.0 Å². The number of nitrogens with one attached hydrogen (secondary N) is 1. The Morgan fingerprint density at radius 2 is 1.90 bits per heavy atom. The molecule has 4 rings (SSSR count). The Morgan fingerprint density at radius 3 is 2.63 bits per heavy atom. The molecule has 2 aromatic carbocycles.